The molecule has 1 aromatic heterocycles. The molecule has 2 heterocycles. The van der Waals surface area contributed by atoms with Crippen molar-refractivity contribution in [2.45, 2.75) is 45.4 Å². The zero-order chi connectivity index (χ0) is 10.8. The number of imidazole rings is 1. The van der Waals surface area contributed by atoms with E-state index in [1.54, 1.807) is 6.33 Å². The second kappa shape index (κ2) is 4.31. The topological polar surface area (TPSA) is 40.7 Å². The summed E-state index contributed by atoms with van der Waals surface area (Å²) in [6.45, 7) is 3.95. The van der Waals surface area contributed by atoms with Crippen molar-refractivity contribution in [2.75, 3.05) is 0 Å². The molecule has 0 amide bonds. The first-order chi connectivity index (χ1) is 7.16. The molecule has 0 aliphatic carbocycles. The molecule has 0 bridgehead atoms. The van der Waals surface area contributed by atoms with E-state index in [9.17, 15) is 4.39 Å². The van der Waals surface area contributed by atoms with Crippen LogP contribution in [0.25, 0.3) is 0 Å². The smallest absolute Gasteiger partial charge is 0.153 e. The van der Waals surface area contributed by atoms with Gasteiger partial charge in [-0.15, -0.1) is 0 Å². The average molecular weight is 211 g/mol. The molecule has 1 saturated heterocycles. The predicted octanol–water partition coefficient (Wildman–Crippen LogP) is 1.94. The number of H-pyrrole nitrogens is 1. The van der Waals surface area contributed by atoms with E-state index in [1.807, 2.05) is 13.8 Å². The SMILES string of the molecule is Cc1[nH]cnc1CC1CCC(C)C(F)N1. The molecule has 2 N–H and O–H groups in total. The molecule has 3 nitrogen and oxygen atoms in total. The van der Waals surface area contributed by atoms with Crippen LogP contribution >= 0.6 is 0 Å². The fraction of sp³-hybridized carbons (Fsp3) is 0.727. The van der Waals surface area contributed by atoms with Crippen LogP contribution in [-0.2, 0) is 6.42 Å². The molecule has 1 aliphatic rings. The molecule has 3 unspecified atom stereocenters. The van der Waals surface area contributed by atoms with Gasteiger partial charge in [-0.1, -0.05) is 6.92 Å². The van der Waals surface area contributed by atoms with Crippen molar-refractivity contribution < 1.29 is 4.39 Å². The summed E-state index contributed by atoms with van der Waals surface area (Å²) < 4.78 is 13.4. The van der Waals surface area contributed by atoms with Gasteiger partial charge in [0.1, 0.15) is 0 Å². The summed E-state index contributed by atoms with van der Waals surface area (Å²) in [5.41, 5.74) is 2.14. The van der Waals surface area contributed by atoms with Gasteiger partial charge in [-0.2, -0.15) is 0 Å². The van der Waals surface area contributed by atoms with Crippen LogP contribution in [-0.4, -0.2) is 22.3 Å². The van der Waals surface area contributed by atoms with Crippen LogP contribution in [0.15, 0.2) is 6.33 Å². The van der Waals surface area contributed by atoms with E-state index in [0.29, 0.717) is 0 Å². The van der Waals surface area contributed by atoms with Crippen molar-refractivity contribution in [3.8, 4) is 0 Å². The first-order valence-corrected chi connectivity index (χ1v) is 5.56. The van der Waals surface area contributed by atoms with Crippen molar-refractivity contribution in [1.29, 1.82) is 0 Å². The van der Waals surface area contributed by atoms with Crippen molar-refractivity contribution in [2.24, 2.45) is 5.92 Å². The first kappa shape index (κ1) is 10.6. The summed E-state index contributed by atoms with van der Waals surface area (Å²) in [6.07, 6.45) is 3.66. The first-order valence-electron chi connectivity index (χ1n) is 5.56. The summed E-state index contributed by atoms with van der Waals surface area (Å²) in [4.78, 5) is 7.28. The van der Waals surface area contributed by atoms with Gasteiger partial charge in [0.05, 0.1) is 12.0 Å². The molecule has 0 radical (unpaired) electrons. The average Bonchev–Trinajstić information content (AvgIpc) is 2.59. The molecule has 84 valence electrons. The second-order valence-corrected chi connectivity index (χ2v) is 4.50. The standard InChI is InChI=1S/C11H18FN3/c1-7-3-4-9(15-11(7)12)5-10-8(2)13-6-14-10/h6-7,9,11,15H,3-5H2,1-2H3,(H,13,14). The van der Waals surface area contributed by atoms with Gasteiger partial charge >= 0.3 is 0 Å². The van der Waals surface area contributed by atoms with Crippen LogP contribution < -0.4 is 5.32 Å². The summed E-state index contributed by atoms with van der Waals surface area (Å²) in [5, 5.41) is 3.01. The minimum Gasteiger partial charge on any atom is -0.348 e. The Morgan fingerprint density at radius 1 is 1.53 bits per heavy atom. The summed E-state index contributed by atoms with van der Waals surface area (Å²) in [7, 11) is 0. The molecule has 3 atom stereocenters. The highest BCUT2D eigenvalue weighted by atomic mass is 19.1. The number of aromatic nitrogens is 2. The van der Waals surface area contributed by atoms with Crippen LogP contribution in [0.4, 0.5) is 4.39 Å². The maximum atomic E-state index is 13.4. The van der Waals surface area contributed by atoms with E-state index in [-0.39, 0.29) is 12.0 Å². The number of halogens is 1. The number of nitrogens with zero attached hydrogens (tertiary/aromatic N) is 1. The Hall–Kier alpha value is -0.900. The number of alkyl halides is 1. The molecule has 1 aromatic rings. The molecular formula is C11H18FN3. The zero-order valence-corrected chi connectivity index (χ0v) is 9.26. The van der Waals surface area contributed by atoms with Gasteiger partial charge in [0.15, 0.2) is 6.30 Å². The van der Waals surface area contributed by atoms with Crippen LogP contribution in [0, 0.1) is 12.8 Å². The largest absolute Gasteiger partial charge is 0.348 e. The highest BCUT2D eigenvalue weighted by Crippen LogP contribution is 2.22. The predicted molar refractivity (Wildman–Crippen MR) is 57.2 cm³/mol. The number of aromatic amines is 1. The minimum atomic E-state index is -0.858. The molecule has 0 aromatic carbocycles. The number of rotatable bonds is 2. The van der Waals surface area contributed by atoms with Gasteiger partial charge in [-0.25, -0.2) is 9.37 Å². The van der Waals surface area contributed by atoms with Gasteiger partial charge < -0.3 is 4.98 Å². The lowest BCUT2D eigenvalue weighted by Crippen LogP contribution is -2.45. The number of hydrogen-bond donors (Lipinski definition) is 2. The molecule has 1 fully saturated rings. The number of hydrogen-bond acceptors (Lipinski definition) is 2. The summed E-state index contributed by atoms with van der Waals surface area (Å²) in [5.74, 6) is 0.140. The third-order valence-corrected chi connectivity index (χ3v) is 3.24. The maximum absolute atomic E-state index is 13.4. The molecule has 15 heavy (non-hydrogen) atoms. The Bertz CT molecular complexity index is 323. The van der Waals surface area contributed by atoms with Crippen LogP contribution in [0.1, 0.15) is 31.2 Å². The molecular weight excluding hydrogens is 193 g/mol. The summed E-state index contributed by atoms with van der Waals surface area (Å²) >= 11 is 0. The normalized spacial score (nSPS) is 31.8. The van der Waals surface area contributed by atoms with Crippen LogP contribution in [0.5, 0.6) is 0 Å². The Labute approximate surface area is 89.5 Å². The van der Waals surface area contributed by atoms with Crippen molar-refractivity contribution in [3.05, 3.63) is 17.7 Å². The monoisotopic (exact) mass is 211 g/mol. The highest BCUT2D eigenvalue weighted by Gasteiger charge is 2.27. The maximum Gasteiger partial charge on any atom is 0.153 e. The molecule has 0 saturated carbocycles. The Balaban J connectivity index is 1.94. The highest BCUT2D eigenvalue weighted by molar-refractivity contribution is 5.10. The van der Waals surface area contributed by atoms with E-state index in [1.165, 1.54) is 0 Å². The molecule has 0 spiro atoms. The second-order valence-electron chi connectivity index (χ2n) is 4.50. The summed E-state index contributed by atoms with van der Waals surface area (Å²) in [6, 6.07) is 0.234. The van der Waals surface area contributed by atoms with Crippen molar-refractivity contribution in [3.63, 3.8) is 0 Å². The quantitative estimate of drug-likeness (QED) is 0.734. The fourth-order valence-corrected chi connectivity index (χ4v) is 2.07. The van der Waals surface area contributed by atoms with E-state index in [2.05, 4.69) is 15.3 Å². The third kappa shape index (κ3) is 2.37. The van der Waals surface area contributed by atoms with E-state index in [4.69, 9.17) is 0 Å². The van der Waals surface area contributed by atoms with Crippen LogP contribution in [0.3, 0.4) is 0 Å². The zero-order valence-electron chi connectivity index (χ0n) is 9.26. The molecule has 4 heteroatoms. The lowest BCUT2D eigenvalue weighted by molar-refractivity contribution is 0.123. The van der Waals surface area contributed by atoms with E-state index >= 15 is 0 Å². The number of nitrogens with one attached hydrogen (secondary N) is 2. The Morgan fingerprint density at radius 2 is 2.33 bits per heavy atom. The van der Waals surface area contributed by atoms with Gasteiger partial charge in [0.2, 0.25) is 0 Å². The van der Waals surface area contributed by atoms with Gasteiger partial charge in [0, 0.05) is 24.1 Å². The number of piperidine rings is 1. The van der Waals surface area contributed by atoms with Crippen molar-refractivity contribution >= 4 is 0 Å². The fourth-order valence-electron chi connectivity index (χ4n) is 2.07. The van der Waals surface area contributed by atoms with Gasteiger partial charge in [0.25, 0.3) is 0 Å². The lowest BCUT2D eigenvalue weighted by atomic mass is 9.93. The molecule has 2 rings (SSSR count). The Kier molecular flexibility index (Phi) is 3.05. The van der Waals surface area contributed by atoms with Crippen LogP contribution in [0.2, 0.25) is 0 Å². The van der Waals surface area contributed by atoms with E-state index in [0.717, 1.165) is 30.7 Å². The third-order valence-electron chi connectivity index (χ3n) is 3.24. The molecule has 1 aliphatic heterocycles. The van der Waals surface area contributed by atoms with Gasteiger partial charge in [-0.3, -0.25) is 5.32 Å². The number of aryl methyl sites for hydroxylation is 1. The van der Waals surface area contributed by atoms with E-state index < -0.39 is 6.30 Å². The lowest BCUT2D eigenvalue weighted by Gasteiger charge is -2.30. The minimum absolute atomic E-state index is 0.140. The Morgan fingerprint density at radius 3 is 2.93 bits per heavy atom. The van der Waals surface area contributed by atoms with Crippen molar-refractivity contribution in [1.82, 2.24) is 15.3 Å². The van der Waals surface area contributed by atoms with Gasteiger partial charge in [-0.05, 0) is 19.8 Å².